The van der Waals surface area contributed by atoms with Gasteiger partial charge in [0.15, 0.2) is 0 Å². The number of carbonyl (C=O) groups is 2. The number of hydrogen-bond acceptors (Lipinski definition) is 4. The second-order valence-corrected chi connectivity index (χ2v) is 5.44. The number of nitrogens with zero attached hydrogens (tertiary/aromatic N) is 1. The summed E-state index contributed by atoms with van der Waals surface area (Å²) in [5.41, 5.74) is 1.13. The van der Waals surface area contributed by atoms with E-state index in [0.717, 1.165) is 17.7 Å². The van der Waals surface area contributed by atoms with Gasteiger partial charge >= 0.3 is 0 Å². The first-order valence-electron chi connectivity index (χ1n) is 7.94. The van der Waals surface area contributed by atoms with Crippen LogP contribution in [0.2, 0.25) is 0 Å². The Morgan fingerprint density at radius 3 is 2.52 bits per heavy atom. The minimum atomic E-state index is -0.0832. The molecule has 6 nitrogen and oxygen atoms in total. The Bertz CT molecular complexity index is 510. The maximum absolute atomic E-state index is 11.9. The third-order valence-electron chi connectivity index (χ3n) is 3.82. The lowest BCUT2D eigenvalue weighted by atomic mass is 10.1. The number of ether oxygens (including phenoxy) is 2. The molecule has 23 heavy (non-hydrogen) atoms. The van der Waals surface area contributed by atoms with Crippen LogP contribution in [0.5, 0.6) is 5.75 Å². The Morgan fingerprint density at radius 2 is 1.87 bits per heavy atom. The molecule has 1 heterocycles. The number of morpholine rings is 1. The quantitative estimate of drug-likeness (QED) is 0.814. The van der Waals surface area contributed by atoms with Crippen molar-refractivity contribution in [2.45, 2.75) is 19.3 Å². The van der Waals surface area contributed by atoms with E-state index in [2.05, 4.69) is 5.32 Å². The predicted octanol–water partition coefficient (Wildman–Crippen LogP) is 0.993. The molecule has 1 aliphatic heterocycles. The van der Waals surface area contributed by atoms with Crippen molar-refractivity contribution >= 4 is 11.8 Å². The maximum Gasteiger partial charge on any atom is 0.223 e. The van der Waals surface area contributed by atoms with Gasteiger partial charge in [-0.15, -0.1) is 0 Å². The molecule has 0 unspecified atom stereocenters. The van der Waals surface area contributed by atoms with Gasteiger partial charge in [-0.2, -0.15) is 0 Å². The highest BCUT2D eigenvalue weighted by Crippen LogP contribution is 2.11. The van der Waals surface area contributed by atoms with Gasteiger partial charge in [0.2, 0.25) is 11.8 Å². The molecule has 2 rings (SSSR count). The lowest BCUT2D eigenvalue weighted by Crippen LogP contribution is -2.41. The smallest absolute Gasteiger partial charge is 0.223 e. The third-order valence-corrected chi connectivity index (χ3v) is 3.82. The lowest BCUT2D eigenvalue weighted by Gasteiger charge is -2.26. The van der Waals surface area contributed by atoms with E-state index >= 15 is 0 Å². The van der Waals surface area contributed by atoms with Crippen LogP contribution in [-0.4, -0.2) is 56.7 Å². The van der Waals surface area contributed by atoms with Crippen LogP contribution in [0, 0.1) is 0 Å². The van der Waals surface area contributed by atoms with Gasteiger partial charge in [-0.3, -0.25) is 9.59 Å². The van der Waals surface area contributed by atoms with E-state index in [1.54, 1.807) is 12.0 Å². The van der Waals surface area contributed by atoms with Crippen molar-refractivity contribution in [1.82, 2.24) is 10.2 Å². The van der Waals surface area contributed by atoms with Gasteiger partial charge in [-0.25, -0.2) is 0 Å². The molecule has 0 radical (unpaired) electrons. The van der Waals surface area contributed by atoms with Crippen LogP contribution in [0.3, 0.4) is 0 Å². The van der Waals surface area contributed by atoms with E-state index in [4.69, 9.17) is 9.47 Å². The Hall–Kier alpha value is -2.08. The number of amides is 2. The summed E-state index contributed by atoms with van der Waals surface area (Å²) in [6.45, 7) is 2.98. The predicted molar refractivity (Wildman–Crippen MR) is 86.3 cm³/mol. The fraction of sp³-hybridized carbons (Fsp3) is 0.529. The SMILES string of the molecule is COc1ccc(CCNC(=O)CCC(=O)N2CCOCC2)cc1. The first-order valence-corrected chi connectivity index (χ1v) is 7.94. The van der Waals surface area contributed by atoms with Gasteiger partial charge in [0, 0.05) is 32.5 Å². The summed E-state index contributed by atoms with van der Waals surface area (Å²) >= 11 is 0. The number of rotatable bonds is 7. The zero-order valence-corrected chi connectivity index (χ0v) is 13.5. The monoisotopic (exact) mass is 320 g/mol. The third kappa shape index (κ3) is 5.90. The second kappa shape index (κ2) is 9.15. The number of hydrogen-bond donors (Lipinski definition) is 1. The molecule has 2 amide bonds. The molecule has 6 heteroatoms. The molecule has 0 aromatic heterocycles. The average Bonchev–Trinajstić information content (AvgIpc) is 2.61. The summed E-state index contributed by atoms with van der Waals surface area (Å²) in [7, 11) is 1.63. The van der Waals surface area contributed by atoms with E-state index in [9.17, 15) is 9.59 Å². The molecule has 0 aliphatic carbocycles. The molecular formula is C17H24N2O4. The first-order chi connectivity index (χ1) is 11.2. The van der Waals surface area contributed by atoms with Crippen molar-refractivity contribution in [3.8, 4) is 5.75 Å². The molecular weight excluding hydrogens is 296 g/mol. The summed E-state index contributed by atoms with van der Waals surface area (Å²) in [5.74, 6) is 0.762. The van der Waals surface area contributed by atoms with Crippen molar-refractivity contribution in [2.24, 2.45) is 0 Å². The Morgan fingerprint density at radius 1 is 1.17 bits per heavy atom. The molecule has 1 fully saturated rings. The van der Waals surface area contributed by atoms with E-state index in [0.29, 0.717) is 32.8 Å². The maximum atomic E-state index is 11.9. The van der Waals surface area contributed by atoms with Crippen LogP contribution in [0.1, 0.15) is 18.4 Å². The summed E-state index contributed by atoms with van der Waals surface area (Å²) in [6, 6.07) is 7.76. The van der Waals surface area contributed by atoms with E-state index in [-0.39, 0.29) is 24.7 Å². The van der Waals surface area contributed by atoms with Gasteiger partial charge < -0.3 is 19.7 Å². The van der Waals surface area contributed by atoms with Crippen LogP contribution in [0.15, 0.2) is 24.3 Å². The molecule has 126 valence electrons. The molecule has 0 saturated carbocycles. The zero-order chi connectivity index (χ0) is 16.5. The van der Waals surface area contributed by atoms with E-state index in [1.807, 2.05) is 24.3 Å². The summed E-state index contributed by atoms with van der Waals surface area (Å²) in [5, 5.41) is 2.85. The Labute approximate surface area is 136 Å². The second-order valence-electron chi connectivity index (χ2n) is 5.44. The molecule has 1 aromatic carbocycles. The molecule has 0 spiro atoms. The number of carbonyl (C=O) groups excluding carboxylic acids is 2. The van der Waals surface area contributed by atoms with Crippen molar-refractivity contribution < 1.29 is 19.1 Å². The normalized spacial score (nSPS) is 14.4. The van der Waals surface area contributed by atoms with Crippen molar-refractivity contribution in [1.29, 1.82) is 0 Å². The Kier molecular flexibility index (Phi) is 6.87. The van der Waals surface area contributed by atoms with Gasteiger partial charge in [-0.05, 0) is 24.1 Å². The highest BCUT2D eigenvalue weighted by atomic mass is 16.5. The average molecular weight is 320 g/mol. The standard InChI is InChI=1S/C17H24N2O4/c1-22-15-4-2-14(3-5-15)8-9-18-16(20)6-7-17(21)19-10-12-23-13-11-19/h2-5H,6-13H2,1H3,(H,18,20). The van der Waals surface area contributed by atoms with Crippen LogP contribution >= 0.6 is 0 Å². The molecule has 1 aromatic rings. The van der Waals surface area contributed by atoms with E-state index < -0.39 is 0 Å². The summed E-state index contributed by atoms with van der Waals surface area (Å²) in [4.78, 5) is 25.5. The molecule has 0 atom stereocenters. The summed E-state index contributed by atoms with van der Waals surface area (Å²) in [6.07, 6.45) is 1.25. The largest absolute Gasteiger partial charge is 0.497 e. The number of nitrogens with one attached hydrogen (secondary N) is 1. The van der Waals surface area contributed by atoms with Crippen LogP contribution in [0.4, 0.5) is 0 Å². The molecule has 1 N–H and O–H groups in total. The van der Waals surface area contributed by atoms with Gasteiger partial charge in [0.25, 0.3) is 0 Å². The molecule has 1 saturated heterocycles. The number of methoxy groups -OCH3 is 1. The summed E-state index contributed by atoms with van der Waals surface area (Å²) < 4.78 is 10.3. The Balaban J connectivity index is 1.61. The lowest BCUT2D eigenvalue weighted by molar-refractivity contribution is -0.137. The highest BCUT2D eigenvalue weighted by Gasteiger charge is 2.17. The first kappa shape index (κ1) is 17.3. The highest BCUT2D eigenvalue weighted by molar-refractivity contribution is 5.83. The fourth-order valence-corrected chi connectivity index (χ4v) is 2.42. The van der Waals surface area contributed by atoms with Crippen LogP contribution in [0.25, 0.3) is 0 Å². The van der Waals surface area contributed by atoms with Crippen molar-refractivity contribution in [2.75, 3.05) is 40.0 Å². The van der Waals surface area contributed by atoms with Crippen molar-refractivity contribution in [3.05, 3.63) is 29.8 Å². The molecule has 0 bridgehead atoms. The van der Waals surface area contributed by atoms with Gasteiger partial charge in [0.05, 0.1) is 20.3 Å². The van der Waals surface area contributed by atoms with Gasteiger partial charge in [-0.1, -0.05) is 12.1 Å². The van der Waals surface area contributed by atoms with Crippen LogP contribution in [-0.2, 0) is 20.7 Å². The zero-order valence-electron chi connectivity index (χ0n) is 13.5. The minimum absolute atomic E-state index is 0.0265. The van der Waals surface area contributed by atoms with Crippen molar-refractivity contribution in [3.63, 3.8) is 0 Å². The topological polar surface area (TPSA) is 67.9 Å². The van der Waals surface area contributed by atoms with Crippen LogP contribution < -0.4 is 10.1 Å². The number of benzene rings is 1. The molecule has 1 aliphatic rings. The minimum Gasteiger partial charge on any atom is -0.497 e. The fourth-order valence-electron chi connectivity index (χ4n) is 2.42. The van der Waals surface area contributed by atoms with Gasteiger partial charge in [0.1, 0.15) is 5.75 Å². The van der Waals surface area contributed by atoms with E-state index in [1.165, 1.54) is 0 Å².